The third-order valence-corrected chi connectivity index (χ3v) is 3.66. The molecule has 2 aromatic carbocycles. The SMILES string of the molecule is COc1ccc(CCNC(=O)CCc2ccc(C)cc2)cc1. The van der Waals surface area contributed by atoms with Gasteiger partial charge in [0, 0.05) is 13.0 Å². The van der Waals surface area contributed by atoms with Crippen LogP contribution in [0.15, 0.2) is 48.5 Å². The fourth-order valence-electron chi connectivity index (χ4n) is 2.24. The van der Waals surface area contributed by atoms with Crippen molar-refractivity contribution in [2.45, 2.75) is 26.2 Å². The summed E-state index contributed by atoms with van der Waals surface area (Å²) < 4.78 is 5.12. The van der Waals surface area contributed by atoms with E-state index in [4.69, 9.17) is 4.74 Å². The van der Waals surface area contributed by atoms with Crippen molar-refractivity contribution in [2.24, 2.45) is 0 Å². The Kier molecular flexibility index (Phi) is 6.01. The first-order valence-corrected chi connectivity index (χ1v) is 7.62. The molecule has 0 saturated carbocycles. The summed E-state index contributed by atoms with van der Waals surface area (Å²) in [6.45, 7) is 2.73. The number of carbonyl (C=O) groups is 1. The van der Waals surface area contributed by atoms with E-state index in [-0.39, 0.29) is 5.91 Å². The van der Waals surface area contributed by atoms with Gasteiger partial charge in [-0.15, -0.1) is 0 Å². The van der Waals surface area contributed by atoms with E-state index < -0.39 is 0 Å². The maximum absolute atomic E-state index is 11.8. The van der Waals surface area contributed by atoms with Gasteiger partial charge in [0.05, 0.1) is 7.11 Å². The molecule has 1 N–H and O–H groups in total. The zero-order valence-corrected chi connectivity index (χ0v) is 13.3. The molecule has 0 unspecified atom stereocenters. The number of hydrogen-bond acceptors (Lipinski definition) is 2. The summed E-state index contributed by atoms with van der Waals surface area (Å²) in [6.07, 6.45) is 2.15. The number of aryl methyl sites for hydroxylation is 2. The molecule has 0 radical (unpaired) electrons. The summed E-state index contributed by atoms with van der Waals surface area (Å²) in [5.41, 5.74) is 3.64. The van der Waals surface area contributed by atoms with Gasteiger partial charge in [-0.2, -0.15) is 0 Å². The fraction of sp³-hybridized carbons (Fsp3) is 0.316. The number of methoxy groups -OCH3 is 1. The summed E-state index contributed by atoms with van der Waals surface area (Å²) in [4.78, 5) is 11.8. The Morgan fingerprint density at radius 2 is 1.55 bits per heavy atom. The van der Waals surface area contributed by atoms with Gasteiger partial charge in [0.25, 0.3) is 0 Å². The molecule has 0 aliphatic rings. The first-order valence-electron chi connectivity index (χ1n) is 7.62. The normalized spacial score (nSPS) is 10.3. The zero-order valence-electron chi connectivity index (χ0n) is 13.3. The molecule has 0 saturated heterocycles. The Balaban J connectivity index is 1.67. The first kappa shape index (κ1) is 16.1. The number of benzene rings is 2. The van der Waals surface area contributed by atoms with Crippen LogP contribution >= 0.6 is 0 Å². The van der Waals surface area contributed by atoms with E-state index in [1.165, 1.54) is 16.7 Å². The smallest absolute Gasteiger partial charge is 0.220 e. The van der Waals surface area contributed by atoms with Gasteiger partial charge in [-0.05, 0) is 43.0 Å². The fourth-order valence-corrected chi connectivity index (χ4v) is 2.24. The second kappa shape index (κ2) is 8.23. The Morgan fingerprint density at radius 1 is 0.955 bits per heavy atom. The van der Waals surface area contributed by atoms with Gasteiger partial charge in [0.15, 0.2) is 0 Å². The van der Waals surface area contributed by atoms with E-state index in [0.29, 0.717) is 13.0 Å². The molecule has 0 atom stereocenters. The van der Waals surface area contributed by atoms with Crippen molar-refractivity contribution >= 4 is 5.91 Å². The second-order valence-electron chi connectivity index (χ2n) is 5.43. The average molecular weight is 297 g/mol. The molecule has 1 amide bonds. The van der Waals surface area contributed by atoms with Crippen LogP contribution in [0.3, 0.4) is 0 Å². The molecule has 0 fully saturated rings. The predicted molar refractivity (Wildman–Crippen MR) is 89.2 cm³/mol. The van der Waals surface area contributed by atoms with Crippen LogP contribution in [0, 0.1) is 6.92 Å². The maximum Gasteiger partial charge on any atom is 0.220 e. The number of rotatable bonds is 7. The van der Waals surface area contributed by atoms with E-state index in [2.05, 4.69) is 36.5 Å². The zero-order chi connectivity index (χ0) is 15.8. The van der Waals surface area contributed by atoms with Gasteiger partial charge in [-0.1, -0.05) is 42.0 Å². The molecule has 2 aromatic rings. The molecule has 0 spiro atoms. The van der Waals surface area contributed by atoms with E-state index in [1.54, 1.807) is 7.11 Å². The first-order chi connectivity index (χ1) is 10.7. The lowest BCUT2D eigenvalue weighted by Gasteiger charge is -2.06. The van der Waals surface area contributed by atoms with Crippen LogP contribution in [0.2, 0.25) is 0 Å². The van der Waals surface area contributed by atoms with Crippen molar-refractivity contribution < 1.29 is 9.53 Å². The van der Waals surface area contributed by atoms with Crippen LogP contribution in [0.5, 0.6) is 5.75 Å². The molecule has 0 aliphatic carbocycles. The quantitative estimate of drug-likeness (QED) is 0.851. The molecule has 0 heterocycles. The number of amides is 1. The molecule has 0 bridgehead atoms. The molecule has 116 valence electrons. The topological polar surface area (TPSA) is 38.3 Å². The van der Waals surface area contributed by atoms with E-state index in [1.807, 2.05) is 24.3 Å². The molecule has 3 nitrogen and oxygen atoms in total. The van der Waals surface area contributed by atoms with Gasteiger partial charge >= 0.3 is 0 Å². The van der Waals surface area contributed by atoms with Crippen LogP contribution in [-0.2, 0) is 17.6 Å². The van der Waals surface area contributed by atoms with Crippen molar-refractivity contribution in [3.63, 3.8) is 0 Å². The van der Waals surface area contributed by atoms with Gasteiger partial charge < -0.3 is 10.1 Å². The van der Waals surface area contributed by atoms with Crippen molar-refractivity contribution in [3.8, 4) is 5.75 Å². The van der Waals surface area contributed by atoms with Crippen LogP contribution in [0.1, 0.15) is 23.1 Å². The van der Waals surface area contributed by atoms with Crippen LogP contribution in [0.25, 0.3) is 0 Å². The lowest BCUT2D eigenvalue weighted by atomic mass is 10.1. The van der Waals surface area contributed by atoms with Crippen LogP contribution in [0.4, 0.5) is 0 Å². The predicted octanol–water partition coefficient (Wildman–Crippen LogP) is 3.30. The largest absolute Gasteiger partial charge is 0.497 e. The maximum atomic E-state index is 11.8. The highest BCUT2D eigenvalue weighted by Gasteiger charge is 2.02. The second-order valence-corrected chi connectivity index (χ2v) is 5.43. The average Bonchev–Trinajstić information content (AvgIpc) is 2.55. The Morgan fingerprint density at radius 3 is 2.18 bits per heavy atom. The highest BCUT2D eigenvalue weighted by atomic mass is 16.5. The van der Waals surface area contributed by atoms with E-state index >= 15 is 0 Å². The van der Waals surface area contributed by atoms with Crippen molar-refractivity contribution in [3.05, 3.63) is 65.2 Å². The van der Waals surface area contributed by atoms with Gasteiger partial charge in [-0.3, -0.25) is 4.79 Å². The highest BCUT2D eigenvalue weighted by molar-refractivity contribution is 5.76. The summed E-state index contributed by atoms with van der Waals surface area (Å²) in [5, 5.41) is 2.97. The van der Waals surface area contributed by atoms with Crippen molar-refractivity contribution in [2.75, 3.05) is 13.7 Å². The number of carbonyl (C=O) groups excluding carboxylic acids is 1. The van der Waals surface area contributed by atoms with E-state index in [0.717, 1.165) is 18.6 Å². The van der Waals surface area contributed by atoms with E-state index in [9.17, 15) is 4.79 Å². The molecule has 22 heavy (non-hydrogen) atoms. The summed E-state index contributed by atoms with van der Waals surface area (Å²) >= 11 is 0. The highest BCUT2D eigenvalue weighted by Crippen LogP contribution is 2.11. The third-order valence-electron chi connectivity index (χ3n) is 3.66. The van der Waals surface area contributed by atoms with Gasteiger partial charge in [0.1, 0.15) is 5.75 Å². The lowest BCUT2D eigenvalue weighted by molar-refractivity contribution is -0.121. The molecule has 0 aromatic heterocycles. The minimum Gasteiger partial charge on any atom is -0.497 e. The van der Waals surface area contributed by atoms with Crippen molar-refractivity contribution in [1.29, 1.82) is 0 Å². The molecular weight excluding hydrogens is 274 g/mol. The van der Waals surface area contributed by atoms with Crippen LogP contribution in [-0.4, -0.2) is 19.6 Å². The molecule has 0 aliphatic heterocycles. The lowest BCUT2D eigenvalue weighted by Crippen LogP contribution is -2.25. The Labute approximate surface area is 132 Å². The minimum absolute atomic E-state index is 0.106. The number of ether oxygens (including phenoxy) is 1. The summed E-state index contributed by atoms with van der Waals surface area (Å²) in [7, 11) is 1.66. The Bertz CT molecular complexity index is 588. The molecule has 2 rings (SSSR count). The minimum atomic E-state index is 0.106. The van der Waals surface area contributed by atoms with Crippen LogP contribution < -0.4 is 10.1 Å². The summed E-state index contributed by atoms with van der Waals surface area (Å²) in [5.74, 6) is 0.958. The molecular formula is C19H23NO2. The Hall–Kier alpha value is -2.29. The number of nitrogens with one attached hydrogen (secondary N) is 1. The van der Waals surface area contributed by atoms with Gasteiger partial charge in [-0.25, -0.2) is 0 Å². The standard InChI is InChI=1S/C19H23NO2/c1-15-3-5-16(6-4-15)9-12-19(21)20-14-13-17-7-10-18(22-2)11-8-17/h3-8,10-11H,9,12-14H2,1-2H3,(H,20,21). The number of hydrogen-bond donors (Lipinski definition) is 1. The third kappa shape index (κ3) is 5.24. The molecule has 3 heteroatoms. The van der Waals surface area contributed by atoms with Crippen molar-refractivity contribution in [1.82, 2.24) is 5.32 Å². The summed E-state index contributed by atoms with van der Waals surface area (Å²) in [6, 6.07) is 16.3. The van der Waals surface area contributed by atoms with Gasteiger partial charge in [0.2, 0.25) is 5.91 Å². The monoisotopic (exact) mass is 297 g/mol.